The zero-order chi connectivity index (χ0) is 11.1. The number of rotatable bonds is 3. The SMILES string of the molecule is C#CCOC(=O)C=Cc1ccc(Cl)cc1. The van der Waals surface area contributed by atoms with E-state index in [4.69, 9.17) is 18.0 Å². The van der Waals surface area contributed by atoms with Gasteiger partial charge in [0.15, 0.2) is 6.61 Å². The van der Waals surface area contributed by atoms with Crippen LogP contribution in [0, 0.1) is 12.3 Å². The van der Waals surface area contributed by atoms with Crippen molar-refractivity contribution in [1.82, 2.24) is 0 Å². The highest BCUT2D eigenvalue weighted by molar-refractivity contribution is 6.30. The second kappa shape index (κ2) is 5.90. The van der Waals surface area contributed by atoms with Gasteiger partial charge in [0.2, 0.25) is 0 Å². The summed E-state index contributed by atoms with van der Waals surface area (Å²) in [7, 11) is 0. The van der Waals surface area contributed by atoms with Crippen LogP contribution in [0.1, 0.15) is 5.56 Å². The van der Waals surface area contributed by atoms with Crippen LogP contribution in [-0.4, -0.2) is 12.6 Å². The van der Waals surface area contributed by atoms with Gasteiger partial charge in [-0.2, -0.15) is 0 Å². The first-order valence-corrected chi connectivity index (χ1v) is 4.64. The van der Waals surface area contributed by atoms with Gasteiger partial charge >= 0.3 is 5.97 Å². The first-order chi connectivity index (χ1) is 7.22. The number of terminal acetylenes is 1. The summed E-state index contributed by atoms with van der Waals surface area (Å²) in [4.78, 5) is 11.0. The molecule has 0 heterocycles. The molecule has 0 aliphatic rings. The predicted octanol–water partition coefficient (Wildman–Crippen LogP) is 2.53. The summed E-state index contributed by atoms with van der Waals surface area (Å²) in [5.74, 6) is 1.75. The zero-order valence-electron chi connectivity index (χ0n) is 7.94. The van der Waals surface area contributed by atoms with E-state index in [0.717, 1.165) is 5.56 Å². The standard InChI is InChI=1S/C12H9ClO2/c1-2-9-15-12(14)8-5-10-3-6-11(13)7-4-10/h1,3-8H,9H2. The Balaban J connectivity index is 2.54. The molecule has 0 fully saturated rings. The second-order valence-corrected chi connectivity index (χ2v) is 3.13. The van der Waals surface area contributed by atoms with Crippen molar-refractivity contribution in [1.29, 1.82) is 0 Å². The summed E-state index contributed by atoms with van der Waals surface area (Å²) in [6.45, 7) is -0.0101. The van der Waals surface area contributed by atoms with Crippen molar-refractivity contribution in [3.05, 3.63) is 40.9 Å². The molecule has 0 N–H and O–H groups in total. The van der Waals surface area contributed by atoms with Gasteiger partial charge in [0.05, 0.1) is 0 Å². The third kappa shape index (κ3) is 4.35. The van der Waals surface area contributed by atoms with Crippen molar-refractivity contribution in [2.24, 2.45) is 0 Å². The number of halogens is 1. The Morgan fingerprint density at radius 3 is 2.73 bits per heavy atom. The lowest BCUT2D eigenvalue weighted by Gasteiger charge is -1.95. The Morgan fingerprint density at radius 2 is 2.13 bits per heavy atom. The fraction of sp³-hybridized carbons (Fsp3) is 0.0833. The highest BCUT2D eigenvalue weighted by atomic mass is 35.5. The van der Waals surface area contributed by atoms with Crippen LogP contribution in [0.3, 0.4) is 0 Å². The first-order valence-electron chi connectivity index (χ1n) is 4.26. The smallest absolute Gasteiger partial charge is 0.331 e. The molecule has 1 aromatic rings. The van der Waals surface area contributed by atoms with Crippen molar-refractivity contribution in [3.63, 3.8) is 0 Å². The Hall–Kier alpha value is -1.72. The number of hydrogen-bond donors (Lipinski definition) is 0. The molecule has 0 bridgehead atoms. The third-order valence-electron chi connectivity index (χ3n) is 1.58. The van der Waals surface area contributed by atoms with Crippen molar-refractivity contribution in [2.75, 3.05) is 6.61 Å². The first kappa shape index (κ1) is 11.4. The molecule has 0 saturated carbocycles. The van der Waals surface area contributed by atoms with Crippen molar-refractivity contribution in [3.8, 4) is 12.3 Å². The number of ether oxygens (including phenoxy) is 1. The Kier molecular flexibility index (Phi) is 4.46. The van der Waals surface area contributed by atoms with Gasteiger partial charge in [0.25, 0.3) is 0 Å². The number of carbonyl (C=O) groups excluding carboxylic acids is 1. The van der Waals surface area contributed by atoms with Crippen LogP contribution in [0.15, 0.2) is 30.3 Å². The molecule has 1 aromatic carbocycles. The molecule has 0 atom stereocenters. The van der Waals surface area contributed by atoms with E-state index in [0.29, 0.717) is 5.02 Å². The van der Waals surface area contributed by atoms with Gasteiger partial charge in [-0.1, -0.05) is 29.7 Å². The molecule has 1 rings (SSSR count). The summed E-state index contributed by atoms with van der Waals surface area (Å²) < 4.78 is 4.65. The van der Waals surface area contributed by atoms with Gasteiger partial charge in [0.1, 0.15) is 0 Å². The molecule has 2 nitrogen and oxygen atoms in total. The summed E-state index contributed by atoms with van der Waals surface area (Å²) in [5.41, 5.74) is 0.872. The lowest BCUT2D eigenvalue weighted by atomic mass is 10.2. The van der Waals surface area contributed by atoms with E-state index in [9.17, 15) is 4.79 Å². The molecule has 0 aromatic heterocycles. The maximum atomic E-state index is 11.0. The molecule has 0 aliphatic heterocycles. The van der Waals surface area contributed by atoms with Gasteiger partial charge < -0.3 is 4.74 Å². The highest BCUT2D eigenvalue weighted by Crippen LogP contribution is 2.10. The molecule has 76 valence electrons. The molecule has 15 heavy (non-hydrogen) atoms. The maximum Gasteiger partial charge on any atom is 0.331 e. The van der Waals surface area contributed by atoms with Crippen molar-refractivity contribution >= 4 is 23.6 Å². The molecule has 0 saturated heterocycles. The van der Waals surface area contributed by atoms with Gasteiger partial charge in [-0.15, -0.1) is 6.42 Å². The molecule has 0 radical (unpaired) electrons. The fourth-order valence-electron chi connectivity index (χ4n) is 0.899. The minimum absolute atomic E-state index is 0.0101. The van der Waals surface area contributed by atoms with Crippen molar-refractivity contribution in [2.45, 2.75) is 0 Å². The Morgan fingerprint density at radius 1 is 1.47 bits per heavy atom. The van der Waals surface area contributed by atoms with Gasteiger partial charge in [0, 0.05) is 11.1 Å². The summed E-state index contributed by atoms with van der Waals surface area (Å²) in [5, 5.41) is 0.655. The van der Waals surface area contributed by atoms with Gasteiger partial charge in [-0.05, 0) is 23.8 Å². The molecule has 0 amide bonds. The average molecular weight is 221 g/mol. The topological polar surface area (TPSA) is 26.3 Å². The summed E-state index contributed by atoms with van der Waals surface area (Å²) >= 11 is 5.71. The number of benzene rings is 1. The summed E-state index contributed by atoms with van der Waals surface area (Å²) in [6.07, 6.45) is 7.89. The number of esters is 1. The maximum absolute atomic E-state index is 11.0. The minimum Gasteiger partial charge on any atom is -0.449 e. The van der Waals surface area contributed by atoms with Crippen LogP contribution < -0.4 is 0 Å². The van der Waals surface area contributed by atoms with E-state index < -0.39 is 5.97 Å². The van der Waals surface area contributed by atoms with Crippen LogP contribution in [-0.2, 0) is 9.53 Å². The highest BCUT2D eigenvalue weighted by Gasteiger charge is 1.94. The molecule has 3 heteroatoms. The second-order valence-electron chi connectivity index (χ2n) is 2.70. The number of hydrogen-bond acceptors (Lipinski definition) is 2. The molecule has 0 spiro atoms. The number of carbonyl (C=O) groups is 1. The summed E-state index contributed by atoms with van der Waals surface area (Å²) in [6, 6.07) is 7.09. The minimum atomic E-state index is -0.456. The molecular formula is C12H9ClO2. The monoisotopic (exact) mass is 220 g/mol. The van der Waals surface area contributed by atoms with Crippen LogP contribution in [0.4, 0.5) is 0 Å². The quantitative estimate of drug-likeness (QED) is 0.445. The van der Waals surface area contributed by atoms with E-state index in [1.807, 2.05) is 0 Å². The van der Waals surface area contributed by atoms with E-state index in [2.05, 4.69) is 10.7 Å². The third-order valence-corrected chi connectivity index (χ3v) is 1.83. The van der Waals surface area contributed by atoms with Crippen molar-refractivity contribution < 1.29 is 9.53 Å². The lowest BCUT2D eigenvalue weighted by Crippen LogP contribution is -1.99. The van der Waals surface area contributed by atoms with Gasteiger partial charge in [-0.3, -0.25) is 0 Å². The van der Waals surface area contributed by atoms with E-state index in [-0.39, 0.29) is 6.61 Å². The van der Waals surface area contributed by atoms with Crippen LogP contribution in [0.25, 0.3) is 6.08 Å². The fourth-order valence-corrected chi connectivity index (χ4v) is 1.03. The zero-order valence-corrected chi connectivity index (χ0v) is 8.70. The van der Waals surface area contributed by atoms with Crippen LogP contribution in [0.2, 0.25) is 5.02 Å². The Labute approximate surface area is 93.5 Å². The van der Waals surface area contributed by atoms with E-state index in [1.165, 1.54) is 6.08 Å². The average Bonchev–Trinajstić information content (AvgIpc) is 2.25. The molecule has 0 aliphatic carbocycles. The molecular weight excluding hydrogens is 212 g/mol. The van der Waals surface area contributed by atoms with Gasteiger partial charge in [-0.25, -0.2) is 4.79 Å². The van der Waals surface area contributed by atoms with Crippen LogP contribution >= 0.6 is 11.6 Å². The Bertz CT molecular complexity index is 399. The van der Waals surface area contributed by atoms with E-state index in [1.54, 1.807) is 30.3 Å². The lowest BCUT2D eigenvalue weighted by molar-refractivity contribution is -0.136. The van der Waals surface area contributed by atoms with Crippen LogP contribution in [0.5, 0.6) is 0 Å². The molecule has 0 unspecified atom stereocenters. The predicted molar refractivity (Wildman–Crippen MR) is 60.3 cm³/mol. The largest absolute Gasteiger partial charge is 0.449 e. The normalized spacial score (nSPS) is 9.87. The van der Waals surface area contributed by atoms with E-state index >= 15 is 0 Å².